The molecule has 0 aliphatic heterocycles. The minimum atomic E-state index is 0.000966. The van der Waals surface area contributed by atoms with Crippen LogP contribution in [0.5, 0.6) is 23.0 Å². The number of phenols is 4. The van der Waals surface area contributed by atoms with Crippen molar-refractivity contribution in [3.05, 3.63) is 47.5 Å². The lowest BCUT2D eigenvalue weighted by atomic mass is 9.77. The number of aromatic hydroxyl groups is 4. The van der Waals surface area contributed by atoms with Gasteiger partial charge in [0.1, 0.15) is 23.0 Å². The van der Waals surface area contributed by atoms with Crippen molar-refractivity contribution in [1.82, 2.24) is 0 Å². The predicted octanol–water partition coefficient (Wildman–Crippen LogP) is 4.20. The van der Waals surface area contributed by atoms with Gasteiger partial charge in [-0.25, -0.2) is 0 Å². The topological polar surface area (TPSA) is 80.9 Å². The van der Waals surface area contributed by atoms with E-state index in [9.17, 15) is 20.4 Å². The molecule has 2 atom stereocenters. The Balaban J connectivity index is 2.46. The minimum Gasteiger partial charge on any atom is -0.508 e. The Hall–Kier alpha value is -2.36. The zero-order chi connectivity index (χ0) is 16.3. The zero-order valence-corrected chi connectivity index (χ0v) is 12.8. The third-order valence-electron chi connectivity index (χ3n) is 4.19. The molecule has 0 aliphatic carbocycles. The molecule has 4 nitrogen and oxygen atoms in total. The van der Waals surface area contributed by atoms with E-state index in [4.69, 9.17) is 0 Å². The largest absolute Gasteiger partial charge is 0.508 e. The van der Waals surface area contributed by atoms with E-state index >= 15 is 0 Å². The highest BCUT2D eigenvalue weighted by molar-refractivity contribution is 5.46. The van der Waals surface area contributed by atoms with E-state index in [2.05, 4.69) is 0 Å². The quantitative estimate of drug-likeness (QED) is 0.667. The van der Waals surface area contributed by atoms with E-state index < -0.39 is 0 Å². The first-order valence-electron chi connectivity index (χ1n) is 7.51. The SMILES string of the molecule is CC[C@H](c1ccc(O)cc1O)[C@@H](CC)c1ccc(O)cc1O. The monoisotopic (exact) mass is 302 g/mol. The summed E-state index contributed by atoms with van der Waals surface area (Å²) in [4.78, 5) is 0. The minimum absolute atomic E-state index is 0.000966. The van der Waals surface area contributed by atoms with Crippen LogP contribution in [0.4, 0.5) is 0 Å². The highest BCUT2D eigenvalue weighted by atomic mass is 16.3. The Labute approximate surface area is 130 Å². The van der Waals surface area contributed by atoms with Gasteiger partial charge in [0.2, 0.25) is 0 Å². The summed E-state index contributed by atoms with van der Waals surface area (Å²) in [5.74, 6) is 0.169. The molecule has 4 heteroatoms. The van der Waals surface area contributed by atoms with Crippen LogP contribution >= 0.6 is 0 Å². The summed E-state index contributed by atoms with van der Waals surface area (Å²) >= 11 is 0. The van der Waals surface area contributed by atoms with Gasteiger partial charge in [-0.05, 0) is 47.9 Å². The lowest BCUT2D eigenvalue weighted by Crippen LogP contribution is -2.10. The van der Waals surface area contributed by atoms with E-state index in [-0.39, 0.29) is 34.8 Å². The van der Waals surface area contributed by atoms with Crippen LogP contribution in [0.1, 0.15) is 49.7 Å². The molecule has 4 N–H and O–H groups in total. The fourth-order valence-electron chi connectivity index (χ4n) is 3.13. The fourth-order valence-corrected chi connectivity index (χ4v) is 3.13. The smallest absolute Gasteiger partial charge is 0.122 e. The molecule has 22 heavy (non-hydrogen) atoms. The zero-order valence-electron chi connectivity index (χ0n) is 12.8. The second-order valence-corrected chi connectivity index (χ2v) is 5.52. The molecule has 2 aromatic carbocycles. The van der Waals surface area contributed by atoms with Crippen LogP contribution in [-0.4, -0.2) is 20.4 Å². The van der Waals surface area contributed by atoms with Crippen molar-refractivity contribution in [2.75, 3.05) is 0 Å². The molecule has 0 saturated carbocycles. The first-order chi connectivity index (χ1) is 10.5. The predicted molar refractivity (Wildman–Crippen MR) is 85.6 cm³/mol. The molecule has 0 aromatic heterocycles. The van der Waals surface area contributed by atoms with Crippen LogP contribution in [0.3, 0.4) is 0 Å². The van der Waals surface area contributed by atoms with Crippen LogP contribution in [0.15, 0.2) is 36.4 Å². The summed E-state index contributed by atoms with van der Waals surface area (Å²) in [6.07, 6.45) is 1.55. The number of hydrogen-bond acceptors (Lipinski definition) is 4. The lowest BCUT2D eigenvalue weighted by molar-refractivity contribution is 0.412. The van der Waals surface area contributed by atoms with E-state index in [1.807, 2.05) is 13.8 Å². The molecule has 0 bridgehead atoms. The fraction of sp³-hybridized carbons (Fsp3) is 0.333. The average molecular weight is 302 g/mol. The maximum atomic E-state index is 10.1. The highest BCUT2D eigenvalue weighted by Gasteiger charge is 2.26. The molecule has 0 saturated heterocycles. The van der Waals surface area contributed by atoms with E-state index in [0.717, 1.165) is 24.0 Å². The van der Waals surface area contributed by atoms with Gasteiger partial charge in [0, 0.05) is 12.1 Å². The van der Waals surface area contributed by atoms with Crippen molar-refractivity contribution in [2.24, 2.45) is 0 Å². The van der Waals surface area contributed by atoms with Gasteiger partial charge in [-0.15, -0.1) is 0 Å². The van der Waals surface area contributed by atoms with Gasteiger partial charge in [0.15, 0.2) is 0 Å². The van der Waals surface area contributed by atoms with Crippen molar-refractivity contribution >= 4 is 0 Å². The second kappa shape index (κ2) is 6.60. The molecule has 0 aliphatic rings. The summed E-state index contributed by atoms with van der Waals surface area (Å²) in [5.41, 5.74) is 1.50. The van der Waals surface area contributed by atoms with Gasteiger partial charge in [-0.3, -0.25) is 0 Å². The van der Waals surface area contributed by atoms with Gasteiger partial charge >= 0.3 is 0 Å². The third kappa shape index (κ3) is 3.11. The van der Waals surface area contributed by atoms with Crippen molar-refractivity contribution < 1.29 is 20.4 Å². The van der Waals surface area contributed by atoms with Crippen LogP contribution in [0, 0.1) is 0 Å². The van der Waals surface area contributed by atoms with Gasteiger partial charge in [0.25, 0.3) is 0 Å². The maximum Gasteiger partial charge on any atom is 0.122 e. The first kappa shape index (κ1) is 16.0. The molecule has 0 heterocycles. The van der Waals surface area contributed by atoms with Crippen LogP contribution in [0.25, 0.3) is 0 Å². The molecule has 118 valence electrons. The Morgan fingerprint density at radius 3 is 1.32 bits per heavy atom. The molecule has 2 rings (SSSR count). The summed E-state index contributed by atoms with van der Waals surface area (Å²) in [7, 11) is 0. The van der Waals surface area contributed by atoms with Gasteiger partial charge in [0.05, 0.1) is 0 Å². The Morgan fingerprint density at radius 2 is 1.05 bits per heavy atom. The average Bonchev–Trinajstić information content (AvgIpc) is 2.47. The first-order valence-corrected chi connectivity index (χ1v) is 7.51. The summed E-state index contributed by atoms with van der Waals surface area (Å²) in [5, 5.41) is 39.2. The van der Waals surface area contributed by atoms with Crippen molar-refractivity contribution in [1.29, 1.82) is 0 Å². The van der Waals surface area contributed by atoms with Crippen LogP contribution in [0.2, 0.25) is 0 Å². The molecule has 0 spiro atoms. The normalized spacial score (nSPS) is 13.7. The van der Waals surface area contributed by atoms with E-state index in [0.29, 0.717) is 0 Å². The Morgan fingerprint density at radius 1 is 0.682 bits per heavy atom. The molecule has 0 unspecified atom stereocenters. The number of benzene rings is 2. The van der Waals surface area contributed by atoms with Gasteiger partial charge in [-0.2, -0.15) is 0 Å². The van der Waals surface area contributed by atoms with E-state index in [1.54, 1.807) is 24.3 Å². The number of rotatable bonds is 5. The molecular weight excluding hydrogens is 280 g/mol. The van der Waals surface area contributed by atoms with Crippen molar-refractivity contribution in [2.45, 2.75) is 38.5 Å². The van der Waals surface area contributed by atoms with Gasteiger partial charge < -0.3 is 20.4 Å². The van der Waals surface area contributed by atoms with Crippen molar-refractivity contribution in [3.8, 4) is 23.0 Å². The standard InChI is InChI=1S/C18H22O4/c1-3-13(15-7-5-11(19)9-17(15)21)14(4-2)16-8-6-12(20)10-18(16)22/h5-10,13-14,19-22H,3-4H2,1-2H3/t13-,14+. The van der Waals surface area contributed by atoms with Crippen molar-refractivity contribution in [3.63, 3.8) is 0 Å². The van der Waals surface area contributed by atoms with Crippen LogP contribution in [-0.2, 0) is 0 Å². The molecule has 2 aromatic rings. The highest BCUT2D eigenvalue weighted by Crippen LogP contribution is 2.44. The number of hydrogen-bond donors (Lipinski definition) is 4. The molecule has 0 fully saturated rings. The summed E-state index contributed by atoms with van der Waals surface area (Å²) < 4.78 is 0. The summed E-state index contributed by atoms with van der Waals surface area (Å²) in [6.45, 7) is 4.05. The number of phenolic OH excluding ortho intramolecular Hbond substituents is 4. The van der Waals surface area contributed by atoms with Crippen LogP contribution < -0.4 is 0 Å². The Kier molecular flexibility index (Phi) is 4.81. The van der Waals surface area contributed by atoms with E-state index in [1.165, 1.54) is 12.1 Å². The second-order valence-electron chi connectivity index (χ2n) is 5.52. The lowest BCUT2D eigenvalue weighted by Gasteiger charge is -2.27. The Bertz CT molecular complexity index is 594. The molecule has 0 radical (unpaired) electrons. The summed E-state index contributed by atoms with van der Waals surface area (Å²) in [6, 6.07) is 9.23. The maximum absolute atomic E-state index is 10.1. The van der Waals surface area contributed by atoms with Gasteiger partial charge in [-0.1, -0.05) is 26.0 Å². The molecular formula is C18H22O4. The molecule has 0 amide bonds. The third-order valence-corrected chi connectivity index (χ3v) is 4.19.